The maximum absolute atomic E-state index is 13.9. The first kappa shape index (κ1) is 21.8. The van der Waals surface area contributed by atoms with Gasteiger partial charge in [-0.15, -0.1) is 0 Å². The maximum Gasteiger partial charge on any atom is 0.262 e. The van der Waals surface area contributed by atoms with E-state index in [1.54, 1.807) is 0 Å². The SMILES string of the molecule is C=CC(=CC)c1c2c(c(-c3ccccc3)c3c1C1=CC=CC4CC=CC3C14)C(=O)N(CCC)C2=O. The normalized spacial score (nSPS) is 23.8. The highest BCUT2D eigenvalue weighted by Crippen LogP contribution is 2.60. The molecule has 174 valence electrons. The van der Waals surface area contributed by atoms with Crippen molar-refractivity contribution in [2.45, 2.75) is 32.6 Å². The van der Waals surface area contributed by atoms with E-state index < -0.39 is 0 Å². The van der Waals surface area contributed by atoms with E-state index in [2.05, 4.69) is 49.1 Å². The standard InChI is InChI=1S/C32H29NO2/c1-4-18-33-31(34)29-25(19(5-2)6-3)27-22-16-10-14-20-15-11-17-23(24(20)22)28(27)26(30(29)32(33)35)21-12-8-7-9-13-21/h5-14,16-17,20,23-24H,2,4,15,18H2,1,3H3. The third kappa shape index (κ3) is 2.91. The summed E-state index contributed by atoms with van der Waals surface area (Å²) in [6.07, 6.45) is 16.9. The Kier molecular flexibility index (Phi) is 5.10. The van der Waals surface area contributed by atoms with Gasteiger partial charge in [0.1, 0.15) is 0 Å². The van der Waals surface area contributed by atoms with Crippen molar-refractivity contribution in [2.24, 2.45) is 11.8 Å². The first-order valence-electron chi connectivity index (χ1n) is 12.6. The molecule has 4 aliphatic rings. The molecule has 0 aromatic heterocycles. The molecule has 3 nitrogen and oxygen atoms in total. The first-order chi connectivity index (χ1) is 17.1. The van der Waals surface area contributed by atoms with E-state index >= 15 is 0 Å². The zero-order valence-corrected chi connectivity index (χ0v) is 20.3. The van der Waals surface area contributed by atoms with Crippen LogP contribution in [0.3, 0.4) is 0 Å². The highest BCUT2D eigenvalue weighted by atomic mass is 16.2. The number of amides is 2. The molecule has 0 saturated carbocycles. The van der Waals surface area contributed by atoms with Gasteiger partial charge in [0.2, 0.25) is 0 Å². The molecule has 3 heteroatoms. The molecular weight excluding hydrogens is 430 g/mol. The molecule has 3 atom stereocenters. The molecule has 3 unspecified atom stereocenters. The molecule has 35 heavy (non-hydrogen) atoms. The van der Waals surface area contributed by atoms with Crippen molar-refractivity contribution >= 4 is 23.0 Å². The number of benzene rings is 2. The van der Waals surface area contributed by atoms with E-state index in [-0.39, 0.29) is 17.7 Å². The van der Waals surface area contributed by atoms with Gasteiger partial charge in [-0.25, -0.2) is 0 Å². The number of carbonyl (C=O) groups is 2. The molecule has 0 bridgehead atoms. The number of carbonyl (C=O) groups excluding carboxylic acids is 2. The van der Waals surface area contributed by atoms with Crippen LogP contribution in [-0.2, 0) is 0 Å². The Labute approximate surface area is 206 Å². The van der Waals surface area contributed by atoms with Crippen molar-refractivity contribution in [3.63, 3.8) is 0 Å². The van der Waals surface area contributed by atoms with E-state index in [1.165, 1.54) is 16.0 Å². The van der Waals surface area contributed by atoms with Crippen LogP contribution in [0.5, 0.6) is 0 Å². The number of nitrogens with zero attached hydrogens (tertiary/aromatic N) is 1. The Morgan fingerprint density at radius 2 is 1.83 bits per heavy atom. The van der Waals surface area contributed by atoms with Crippen LogP contribution in [0, 0.1) is 11.8 Å². The zero-order valence-electron chi connectivity index (χ0n) is 20.3. The largest absolute Gasteiger partial charge is 0.274 e. The molecule has 1 heterocycles. The summed E-state index contributed by atoms with van der Waals surface area (Å²) in [6, 6.07) is 10.1. The highest BCUT2D eigenvalue weighted by molar-refractivity contribution is 6.27. The lowest BCUT2D eigenvalue weighted by Crippen LogP contribution is -2.30. The molecule has 2 aromatic rings. The van der Waals surface area contributed by atoms with Gasteiger partial charge in [-0.05, 0) is 59.1 Å². The minimum atomic E-state index is -0.183. The van der Waals surface area contributed by atoms with Crippen molar-refractivity contribution in [3.8, 4) is 11.1 Å². The van der Waals surface area contributed by atoms with Crippen LogP contribution in [0.1, 0.15) is 70.0 Å². The lowest BCUT2D eigenvalue weighted by molar-refractivity contribution is 0.0654. The summed E-state index contributed by atoms with van der Waals surface area (Å²) >= 11 is 0. The maximum atomic E-state index is 13.9. The minimum absolute atomic E-state index is 0.172. The Bertz CT molecular complexity index is 1400. The molecule has 0 saturated heterocycles. The number of hydrogen-bond donors (Lipinski definition) is 0. The van der Waals surface area contributed by atoms with E-state index in [0.29, 0.717) is 29.5 Å². The van der Waals surface area contributed by atoms with Gasteiger partial charge in [0.25, 0.3) is 11.8 Å². The van der Waals surface area contributed by atoms with Gasteiger partial charge < -0.3 is 0 Å². The van der Waals surface area contributed by atoms with Crippen molar-refractivity contribution in [1.82, 2.24) is 4.90 Å². The summed E-state index contributed by atoms with van der Waals surface area (Å²) in [5.41, 5.74) is 8.43. The molecule has 0 N–H and O–H groups in total. The van der Waals surface area contributed by atoms with Gasteiger partial charge in [-0.3, -0.25) is 14.5 Å². The second kappa shape index (κ2) is 8.20. The lowest BCUT2D eigenvalue weighted by Gasteiger charge is -2.31. The zero-order chi connectivity index (χ0) is 24.3. The van der Waals surface area contributed by atoms with Crippen LogP contribution in [0.4, 0.5) is 0 Å². The monoisotopic (exact) mass is 459 g/mol. The quantitative estimate of drug-likeness (QED) is 0.269. The van der Waals surface area contributed by atoms with Gasteiger partial charge in [-0.2, -0.15) is 0 Å². The van der Waals surface area contributed by atoms with Crippen LogP contribution in [0.2, 0.25) is 0 Å². The van der Waals surface area contributed by atoms with Crippen LogP contribution >= 0.6 is 0 Å². The molecule has 0 radical (unpaired) electrons. The molecule has 2 amide bonds. The summed E-state index contributed by atoms with van der Waals surface area (Å²) in [5.74, 6) is 0.558. The van der Waals surface area contributed by atoms with Crippen LogP contribution in [0.15, 0.2) is 79.4 Å². The van der Waals surface area contributed by atoms with Gasteiger partial charge in [0, 0.05) is 23.9 Å². The van der Waals surface area contributed by atoms with E-state index in [9.17, 15) is 9.59 Å². The lowest BCUT2D eigenvalue weighted by atomic mass is 9.72. The van der Waals surface area contributed by atoms with Crippen molar-refractivity contribution in [2.75, 3.05) is 6.54 Å². The predicted octanol–water partition coefficient (Wildman–Crippen LogP) is 7.19. The highest BCUT2D eigenvalue weighted by Gasteiger charge is 2.49. The Morgan fingerprint density at radius 3 is 2.54 bits per heavy atom. The summed E-state index contributed by atoms with van der Waals surface area (Å²) in [5, 5.41) is 0. The summed E-state index contributed by atoms with van der Waals surface area (Å²) in [4.78, 5) is 29.3. The molecular formula is C32H29NO2. The Balaban J connectivity index is 1.81. The van der Waals surface area contributed by atoms with E-state index in [1.807, 2.05) is 44.2 Å². The molecule has 2 aromatic carbocycles. The van der Waals surface area contributed by atoms with Gasteiger partial charge >= 0.3 is 0 Å². The summed E-state index contributed by atoms with van der Waals surface area (Å²) < 4.78 is 0. The fourth-order valence-electron chi connectivity index (χ4n) is 6.65. The first-order valence-corrected chi connectivity index (χ1v) is 12.6. The third-order valence-electron chi connectivity index (χ3n) is 8.00. The van der Waals surface area contributed by atoms with Crippen LogP contribution in [-0.4, -0.2) is 23.3 Å². The second-order valence-corrected chi connectivity index (χ2v) is 9.75. The number of fused-ring (bicyclic) bond motifs is 4. The average Bonchev–Trinajstić information content (AvgIpc) is 3.35. The predicted molar refractivity (Wildman–Crippen MR) is 142 cm³/mol. The number of hydrogen-bond acceptors (Lipinski definition) is 2. The fraction of sp³-hybridized carbons (Fsp3) is 0.250. The van der Waals surface area contributed by atoms with Gasteiger partial charge in [0.15, 0.2) is 0 Å². The van der Waals surface area contributed by atoms with Crippen molar-refractivity contribution < 1.29 is 9.59 Å². The van der Waals surface area contributed by atoms with Crippen molar-refractivity contribution in [1.29, 1.82) is 0 Å². The fourth-order valence-corrected chi connectivity index (χ4v) is 6.65. The number of imide groups is 1. The second-order valence-electron chi connectivity index (χ2n) is 9.75. The summed E-state index contributed by atoms with van der Waals surface area (Å²) in [7, 11) is 0. The molecule has 3 aliphatic carbocycles. The number of allylic oxidation sites excluding steroid dienone is 9. The smallest absolute Gasteiger partial charge is 0.262 e. The topological polar surface area (TPSA) is 37.4 Å². The summed E-state index contributed by atoms with van der Waals surface area (Å²) in [6.45, 7) is 8.48. The van der Waals surface area contributed by atoms with E-state index in [4.69, 9.17) is 0 Å². The minimum Gasteiger partial charge on any atom is -0.274 e. The van der Waals surface area contributed by atoms with Crippen LogP contribution in [0.25, 0.3) is 22.3 Å². The Hall–Kier alpha value is -3.72. The van der Waals surface area contributed by atoms with E-state index in [0.717, 1.165) is 40.7 Å². The van der Waals surface area contributed by atoms with Crippen LogP contribution < -0.4 is 0 Å². The Morgan fingerprint density at radius 1 is 1.06 bits per heavy atom. The average molecular weight is 460 g/mol. The third-order valence-corrected chi connectivity index (χ3v) is 8.00. The molecule has 0 fully saturated rings. The van der Waals surface area contributed by atoms with Gasteiger partial charge in [-0.1, -0.05) is 86.4 Å². The molecule has 6 rings (SSSR count). The van der Waals surface area contributed by atoms with Crippen molar-refractivity contribution in [3.05, 3.63) is 107 Å². The van der Waals surface area contributed by atoms with Gasteiger partial charge in [0.05, 0.1) is 11.1 Å². The molecule has 1 aliphatic heterocycles. The number of rotatable bonds is 5. The molecule has 0 spiro atoms.